The standard InChI is InChI=1S/C25H22BrN3O4/c1-16-6-5-8-18(12-16)24(31)27-15-23(30)29-28-14-19-13-20(26)10-11-22(19)33-25(32)21-9-4-3-7-17(21)2/h3-14H,15H2,1-2H3,(H,27,31)(H,29,30)/b28-14+. The van der Waals surface area contributed by atoms with Crippen LogP contribution < -0.4 is 15.5 Å². The molecule has 0 unspecified atom stereocenters. The van der Waals surface area contributed by atoms with E-state index in [0.29, 0.717) is 16.7 Å². The van der Waals surface area contributed by atoms with Gasteiger partial charge in [0.15, 0.2) is 0 Å². The summed E-state index contributed by atoms with van der Waals surface area (Å²) in [5.41, 5.74) is 5.51. The van der Waals surface area contributed by atoms with Gasteiger partial charge < -0.3 is 10.1 Å². The minimum Gasteiger partial charge on any atom is -0.422 e. The SMILES string of the molecule is Cc1cccc(C(=O)NCC(=O)N/N=C/c2cc(Br)ccc2OC(=O)c2ccccc2C)c1. The van der Waals surface area contributed by atoms with E-state index < -0.39 is 11.9 Å². The Kier molecular flexibility index (Phi) is 8.10. The van der Waals surface area contributed by atoms with Crippen molar-refractivity contribution in [1.82, 2.24) is 10.7 Å². The van der Waals surface area contributed by atoms with E-state index in [1.807, 2.05) is 32.0 Å². The Morgan fingerprint density at radius 2 is 1.79 bits per heavy atom. The monoisotopic (exact) mass is 507 g/mol. The first-order valence-corrected chi connectivity index (χ1v) is 10.9. The van der Waals surface area contributed by atoms with Gasteiger partial charge in [-0.05, 0) is 55.8 Å². The number of benzene rings is 3. The molecule has 3 aromatic carbocycles. The van der Waals surface area contributed by atoms with Crippen LogP contribution in [0.5, 0.6) is 5.75 Å². The minimum absolute atomic E-state index is 0.238. The van der Waals surface area contributed by atoms with Gasteiger partial charge in [0.2, 0.25) is 0 Å². The van der Waals surface area contributed by atoms with Crippen LogP contribution in [0.1, 0.15) is 37.4 Å². The zero-order chi connectivity index (χ0) is 23.8. The van der Waals surface area contributed by atoms with Crippen LogP contribution in [0.25, 0.3) is 0 Å². The van der Waals surface area contributed by atoms with E-state index in [0.717, 1.165) is 15.6 Å². The van der Waals surface area contributed by atoms with E-state index in [2.05, 4.69) is 31.8 Å². The second-order valence-corrected chi connectivity index (χ2v) is 8.15. The molecule has 0 saturated heterocycles. The van der Waals surface area contributed by atoms with Crippen molar-refractivity contribution < 1.29 is 19.1 Å². The Labute approximate surface area is 200 Å². The van der Waals surface area contributed by atoms with Gasteiger partial charge in [-0.25, -0.2) is 10.2 Å². The van der Waals surface area contributed by atoms with Crippen molar-refractivity contribution >= 4 is 39.9 Å². The zero-order valence-electron chi connectivity index (χ0n) is 18.1. The lowest BCUT2D eigenvalue weighted by molar-refractivity contribution is -0.120. The van der Waals surface area contributed by atoms with E-state index in [-0.39, 0.29) is 18.2 Å². The smallest absolute Gasteiger partial charge is 0.343 e. The number of aryl methyl sites for hydroxylation is 2. The third-order valence-corrected chi connectivity index (χ3v) is 5.12. The summed E-state index contributed by atoms with van der Waals surface area (Å²) in [7, 11) is 0. The van der Waals surface area contributed by atoms with Crippen LogP contribution in [-0.4, -0.2) is 30.5 Å². The van der Waals surface area contributed by atoms with Gasteiger partial charge in [0.1, 0.15) is 5.75 Å². The number of esters is 1. The Hall–Kier alpha value is -3.78. The van der Waals surface area contributed by atoms with Crippen LogP contribution in [0.15, 0.2) is 76.3 Å². The van der Waals surface area contributed by atoms with Crippen molar-refractivity contribution in [3.63, 3.8) is 0 Å². The maximum atomic E-state index is 12.6. The van der Waals surface area contributed by atoms with Crippen LogP contribution >= 0.6 is 15.9 Å². The molecule has 2 N–H and O–H groups in total. The molecule has 0 aromatic heterocycles. The summed E-state index contributed by atoms with van der Waals surface area (Å²) in [6.07, 6.45) is 1.37. The van der Waals surface area contributed by atoms with Crippen molar-refractivity contribution in [2.45, 2.75) is 13.8 Å². The molecule has 2 amide bonds. The molecule has 0 aliphatic rings. The molecule has 0 spiro atoms. The number of halogens is 1. The number of hydrogen-bond donors (Lipinski definition) is 2. The van der Waals surface area contributed by atoms with Crippen molar-refractivity contribution in [3.05, 3.63) is 99.0 Å². The Morgan fingerprint density at radius 3 is 2.55 bits per heavy atom. The van der Waals surface area contributed by atoms with E-state index in [4.69, 9.17) is 4.74 Å². The summed E-state index contributed by atoms with van der Waals surface area (Å²) in [4.78, 5) is 36.7. The molecule has 0 radical (unpaired) electrons. The van der Waals surface area contributed by atoms with Crippen LogP contribution in [-0.2, 0) is 4.79 Å². The van der Waals surface area contributed by atoms with Crippen LogP contribution in [0.2, 0.25) is 0 Å². The molecule has 0 aliphatic heterocycles. The van der Waals surface area contributed by atoms with Crippen molar-refractivity contribution in [2.24, 2.45) is 5.10 Å². The molecular formula is C25H22BrN3O4. The third-order valence-electron chi connectivity index (χ3n) is 4.62. The van der Waals surface area contributed by atoms with E-state index in [1.54, 1.807) is 48.5 Å². The highest BCUT2D eigenvalue weighted by molar-refractivity contribution is 9.10. The van der Waals surface area contributed by atoms with Crippen molar-refractivity contribution in [3.8, 4) is 5.75 Å². The van der Waals surface area contributed by atoms with Gasteiger partial charge in [-0.15, -0.1) is 0 Å². The van der Waals surface area contributed by atoms with Gasteiger partial charge in [-0.2, -0.15) is 5.10 Å². The Balaban J connectivity index is 1.60. The summed E-state index contributed by atoms with van der Waals surface area (Å²) >= 11 is 3.37. The van der Waals surface area contributed by atoms with Gasteiger partial charge in [0, 0.05) is 15.6 Å². The number of carbonyl (C=O) groups excluding carboxylic acids is 3. The van der Waals surface area contributed by atoms with Gasteiger partial charge in [-0.1, -0.05) is 51.8 Å². The molecule has 0 aliphatic carbocycles. The molecule has 0 atom stereocenters. The Morgan fingerprint density at radius 1 is 1.00 bits per heavy atom. The average Bonchev–Trinajstić information content (AvgIpc) is 2.79. The lowest BCUT2D eigenvalue weighted by Crippen LogP contribution is -2.34. The number of rotatable bonds is 7. The molecular weight excluding hydrogens is 486 g/mol. The van der Waals surface area contributed by atoms with Gasteiger partial charge in [0.25, 0.3) is 11.8 Å². The predicted molar refractivity (Wildman–Crippen MR) is 130 cm³/mol. The van der Waals surface area contributed by atoms with Crippen molar-refractivity contribution in [2.75, 3.05) is 6.54 Å². The average molecular weight is 508 g/mol. The summed E-state index contributed by atoms with van der Waals surface area (Å²) in [6.45, 7) is 3.47. The number of nitrogens with one attached hydrogen (secondary N) is 2. The largest absolute Gasteiger partial charge is 0.422 e. The number of amides is 2. The third kappa shape index (κ3) is 6.85. The molecule has 3 rings (SSSR count). The Bertz CT molecular complexity index is 1220. The van der Waals surface area contributed by atoms with E-state index >= 15 is 0 Å². The predicted octanol–water partition coefficient (Wildman–Crippen LogP) is 4.17. The normalized spacial score (nSPS) is 10.6. The fourth-order valence-corrected chi connectivity index (χ4v) is 3.31. The molecule has 168 valence electrons. The zero-order valence-corrected chi connectivity index (χ0v) is 19.7. The summed E-state index contributed by atoms with van der Waals surface area (Å²) in [5.74, 6) is -1.05. The molecule has 7 nitrogen and oxygen atoms in total. The highest BCUT2D eigenvalue weighted by atomic mass is 79.9. The molecule has 0 saturated carbocycles. The topological polar surface area (TPSA) is 96.9 Å². The van der Waals surface area contributed by atoms with Crippen molar-refractivity contribution in [1.29, 1.82) is 0 Å². The van der Waals surface area contributed by atoms with Crippen LogP contribution in [0.4, 0.5) is 0 Å². The highest BCUT2D eigenvalue weighted by Gasteiger charge is 2.13. The second-order valence-electron chi connectivity index (χ2n) is 7.23. The fraction of sp³-hybridized carbons (Fsp3) is 0.120. The van der Waals surface area contributed by atoms with Gasteiger partial charge in [-0.3, -0.25) is 9.59 Å². The summed E-state index contributed by atoms with van der Waals surface area (Å²) in [6, 6.07) is 19.3. The van der Waals surface area contributed by atoms with E-state index in [9.17, 15) is 14.4 Å². The lowest BCUT2D eigenvalue weighted by atomic mass is 10.1. The number of hydrogen-bond acceptors (Lipinski definition) is 5. The number of carbonyl (C=O) groups is 3. The first-order chi connectivity index (χ1) is 15.8. The maximum absolute atomic E-state index is 12.6. The number of nitrogens with zero attached hydrogens (tertiary/aromatic N) is 1. The fourth-order valence-electron chi connectivity index (χ4n) is 2.93. The quantitative estimate of drug-likeness (QED) is 0.217. The number of ether oxygens (including phenoxy) is 1. The van der Waals surface area contributed by atoms with Crippen LogP contribution in [0, 0.1) is 13.8 Å². The highest BCUT2D eigenvalue weighted by Crippen LogP contribution is 2.23. The first kappa shape index (κ1) is 23.9. The second kappa shape index (κ2) is 11.2. The van der Waals surface area contributed by atoms with Gasteiger partial charge in [0.05, 0.1) is 18.3 Å². The summed E-state index contributed by atoms with van der Waals surface area (Å²) in [5, 5.41) is 6.46. The molecule has 0 fully saturated rings. The number of hydrazone groups is 1. The van der Waals surface area contributed by atoms with Crippen LogP contribution in [0.3, 0.4) is 0 Å². The maximum Gasteiger partial charge on any atom is 0.343 e. The van der Waals surface area contributed by atoms with Gasteiger partial charge >= 0.3 is 5.97 Å². The van der Waals surface area contributed by atoms with E-state index in [1.165, 1.54) is 6.21 Å². The lowest BCUT2D eigenvalue weighted by Gasteiger charge is -2.09. The molecule has 33 heavy (non-hydrogen) atoms. The molecule has 8 heteroatoms. The summed E-state index contributed by atoms with van der Waals surface area (Å²) < 4.78 is 6.29. The molecule has 0 heterocycles. The minimum atomic E-state index is -0.499. The molecule has 3 aromatic rings. The molecule has 0 bridgehead atoms. The first-order valence-electron chi connectivity index (χ1n) is 10.1.